The molecule has 0 saturated heterocycles. The van der Waals surface area contributed by atoms with Crippen LogP contribution in [0.1, 0.15) is 63.0 Å². The molecule has 5 nitrogen and oxygen atoms in total. The number of hydrogen-bond donors (Lipinski definition) is 2. The molecule has 1 saturated carbocycles. The molecule has 1 aliphatic carbocycles. The Morgan fingerprint density at radius 2 is 1.74 bits per heavy atom. The van der Waals surface area contributed by atoms with Gasteiger partial charge in [0.25, 0.3) is 0 Å². The van der Waals surface area contributed by atoms with E-state index in [2.05, 4.69) is 43.4 Å². The van der Waals surface area contributed by atoms with Gasteiger partial charge in [0.2, 0.25) is 5.91 Å². The molecule has 0 heterocycles. The van der Waals surface area contributed by atoms with E-state index < -0.39 is 15.9 Å². The lowest BCUT2D eigenvalue weighted by atomic mass is 9.78. The zero-order valence-electron chi connectivity index (χ0n) is 16.5. The topological polar surface area (TPSA) is 89.3 Å². The van der Waals surface area contributed by atoms with Gasteiger partial charge >= 0.3 is 0 Å². The van der Waals surface area contributed by atoms with Crippen molar-refractivity contribution in [2.75, 3.05) is 18.6 Å². The van der Waals surface area contributed by atoms with Crippen molar-refractivity contribution in [3.63, 3.8) is 0 Å². The molecule has 1 amide bonds. The van der Waals surface area contributed by atoms with E-state index in [0.29, 0.717) is 12.5 Å². The van der Waals surface area contributed by atoms with E-state index in [1.807, 2.05) is 0 Å². The van der Waals surface area contributed by atoms with Gasteiger partial charge in [-0.15, -0.1) is 12.4 Å². The van der Waals surface area contributed by atoms with E-state index in [9.17, 15) is 13.2 Å². The van der Waals surface area contributed by atoms with E-state index in [0.717, 1.165) is 31.9 Å². The van der Waals surface area contributed by atoms with Crippen LogP contribution in [0.25, 0.3) is 0 Å². The Hall–Kier alpha value is -1.11. The molecule has 3 N–H and O–H groups in total. The maximum absolute atomic E-state index is 12.3. The monoisotopic (exact) mass is 416 g/mol. The summed E-state index contributed by atoms with van der Waals surface area (Å²) >= 11 is 0. The van der Waals surface area contributed by atoms with E-state index in [-0.39, 0.29) is 35.9 Å². The summed E-state index contributed by atoms with van der Waals surface area (Å²) in [6.07, 6.45) is 5.72. The minimum absolute atomic E-state index is 0. The molecule has 1 aliphatic rings. The number of halogens is 1. The Labute approximate surface area is 169 Å². The highest BCUT2D eigenvalue weighted by Crippen LogP contribution is 2.41. The van der Waals surface area contributed by atoms with Crippen LogP contribution >= 0.6 is 12.4 Å². The number of rotatable bonds is 8. The van der Waals surface area contributed by atoms with Crippen molar-refractivity contribution >= 4 is 28.2 Å². The summed E-state index contributed by atoms with van der Waals surface area (Å²) in [7, 11) is -3.11. The lowest BCUT2D eigenvalue weighted by molar-refractivity contribution is -0.122. The maximum atomic E-state index is 12.3. The minimum atomic E-state index is -3.11. The van der Waals surface area contributed by atoms with Crippen LogP contribution in [-0.4, -0.2) is 38.9 Å². The second kappa shape index (κ2) is 9.89. The summed E-state index contributed by atoms with van der Waals surface area (Å²) in [6.45, 7) is 4.91. The van der Waals surface area contributed by atoms with Gasteiger partial charge in [-0.1, -0.05) is 51.0 Å². The van der Waals surface area contributed by atoms with Crippen LogP contribution in [-0.2, 0) is 20.0 Å². The van der Waals surface area contributed by atoms with E-state index >= 15 is 0 Å². The highest BCUT2D eigenvalue weighted by molar-refractivity contribution is 7.90. The number of hydrogen-bond acceptors (Lipinski definition) is 4. The Morgan fingerprint density at radius 1 is 1.19 bits per heavy atom. The lowest BCUT2D eigenvalue weighted by Gasteiger charge is -2.31. The molecule has 2 rings (SSSR count). The molecular weight excluding hydrogens is 384 g/mol. The zero-order chi connectivity index (χ0) is 19.4. The van der Waals surface area contributed by atoms with Crippen molar-refractivity contribution in [2.24, 2.45) is 5.73 Å². The molecule has 7 heteroatoms. The summed E-state index contributed by atoms with van der Waals surface area (Å²) < 4.78 is 22.5. The molecule has 1 unspecified atom stereocenters. The van der Waals surface area contributed by atoms with Crippen molar-refractivity contribution in [3.05, 3.63) is 35.4 Å². The fourth-order valence-corrected chi connectivity index (χ4v) is 4.38. The van der Waals surface area contributed by atoms with Crippen LogP contribution < -0.4 is 11.1 Å². The van der Waals surface area contributed by atoms with E-state index in [4.69, 9.17) is 5.73 Å². The molecule has 1 atom stereocenters. The molecule has 154 valence electrons. The van der Waals surface area contributed by atoms with Gasteiger partial charge in [-0.2, -0.15) is 0 Å². The standard InChI is InChI=1S/C20H32N2O3S.ClH/c1-15(2)16-6-8-17(9-7-16)20(11-4-5-12-20)14-22-19(23)18(21)10-13-26(3,24)25;/h6-9,15,18H,4-5,10-14,21H2,1-3H3,(H,22,23);1H. The number of amides is 1. The first kappa shape index (κ1) is 23.9. The fourth-order valence-electron chi connectivity index (χ4n) is 3.70. The van der Waals surface area contributed by atoms with Crippen LogP contribution in [0.2, 0.25) is 0 Å². The van der Waals surface area contributed by atoms with Crippen molar-refractivity contribution in [2.45, 2.75) is 63.3 Å². The minimum Gasteiger partial charge on any atom is -0.354 e. The Balaban J connectivity index is 0.00000364. The van der Waals surface area contributed by atoms with Crippen LogP contribution in [0.5, 0.6) is 0 Å². The molecule has 0 aromatic heterocycles. The van der Waals surface area contributed by atoms with Gasteiger partial charge < -0.3 is 11.1 Å². The average Bonchev–Trinajstić information content (AvgIpc) is 3.07. The highest BCUT2D eigenvalue weighted by atomic mass is 35.5. The number of carbonyl (C=O) groups is 1. The first-order valence-electron chi connectivity index (χ1n) is 9.44. The van der Waals surface area contributed by atoms with Crippen molar-refractivity contribution in [1.29, 1.82) is 0 Å². The first-order chi connectivity index (χ1) is 12.1. The largest absolute Gasteiger partial charge is 0.354 e. The summed E-state index contributed by atoms with van der Waals surface area (Å²) in [5.41, 5.74) is 8.41. The zero-order valence-corrected chi connectivity index (χ0v) is 18.2. The van der Waals surface area contributed by atoms with Gasteiger partial charge in [0.05, 0.1) is 11.8 Å². The SMILES string of the molecule is CC(C)c1ccc(C2(CNC(=O)C(N)CCS(C)(=O)=O)CCCC2)cc1.Cl. The fraction of sp³-hybridized carbons (Fsp3) is 0.650. The van der Waals surface area contributed by atoms with E-state index in [1.54, 1.807) is 0 Å². The molecule has 1 fully saturated rings. The molecule has 0 radical (unpaired) electrons. The third-order valence-corrected chi connectivity index (χ3v) is 6.47. The maximum Gasteiger partial charge on any atom is 0.236 e. The normalized spacial score (nSPS) is 17.4. The molecular formula is C20H33ClN2O3S. The lowest BCUT2D eigenvalue weighted by Crippen LogP contribution is -2.46. The second-order valence-electron chi connectivity index (χ2n) is 8.01. The smallest absolute Gasteiger partial charge is 0.236 e. The van der Waals surface area contributed by atoms with Crippen LogP contribution in [0, 0.1) is 0 Å². The molecule has 1 aromatic carbocycles. The van der Waals surface area contributed by atoms with Gasteiger partial charge in [-0.05, 0) is 36.3 Å². The van der Waals surface area contributed by atoms with Gasteiger partial charge in [-0.25, -0.2) is 8.42 Å². The number of sulfone groups is 1. The summed E-state index contributed by atoms with van der Waals surface area (Å²) in [5, 5.41) is 2.98. The molecule has 0 spiro atoms. The van der Waals surface area contributed by atoms with Gasteiger partial charge in [0.15, 0.2) is 0 Å². The molecule has 0 bridgehead atoms. The van der Waals surface area contributed by atoms with Gasteiger partial charge in [0.1, 0.15) is 9.84 Å². The van der Waals surface area contributed by atoms with Crippen molar-refractivity contribution < 1.29 is 13.2 Å². The third-order valence-electron chi connectivity index (χ3n) is 5.49. The second-order valence-corrected chi connectivity index (χ2v) is 10.3. The predicted molar refractivity (Wildman–Crippen MR) is 113 cm³/mol. The Kier molecular flexibility index (Phi) is 8.77. The average molecular weight is 417 g/mol. The third kappa shape index (κ3) is 6.77. The first-order valence-corrected chi connectivity index (χ1v) is 11.5. The number of carbonyl (C=O) groups excluding carboxylic acids is 1. The quantitative estimate of drug-likeness (QED) is 0.681. The summed E-state index contributed by atoms with van der Waals surface area (Å²) in [4.78, 5) is 12.3. The molecule has 0 aliphatic heterocycles. The van der Waals surface area contributed by atoms with Crippen molar-refractivity contribution in [1.82, 2.24) is 5.32 Å². The van der Waals surface area contributed by atoms with Crippen LogP contribution in [0.15, 0.2) is 24.3 Å². The Morgan fingerprint density at radius 3 is 2.22 bits per heavy atom. The highest BCUT2D eigenvalue weighted by Gasteiger charge is 2.36. The van der Waals surface area contributed by atoms with Crippen LogP contribution in [0.3, 0.4) is 0 Å². The number of benzene rings is 1. The van der Waals surface area contributed by atoms with Crippen molar-refractivity contribution in [3.8, 4) is 0 Å². The predicted octanol–water partition coefficient (Wildman–Crippen LogP) is 2.92. The van der Waals surface area contributed by atoms with Gasteiger partial charge in [-0.3, -0.25) is 4.79 Å². The molecule has 1 aromatic rings. The Bertz CT molecular complexity index is 711. The molecule has 27 heavy (non-hydrogen) atoms. The summed E-state index contributed by atoms with van der Waals surface area (Å²) in [6, 6.07) is 7.96. The van der Waals surface area contributed by atoms with Gasteiger partial charge in [0, 0.05) is 18.2 Å². The number of nitrogens with one attached hydrogen (secondary N) is 1. The van der Waals surface area contributed by atoms with E-state index in [1.165, 1.54) is 11.1 Å². The van der Waals surface area contributed by atoms with Crippen LogP contribution in [0.4, 0.5) is 0 Å². The summed E-state index contributed by atoms with van der Waals surface area (Å²) in [5.74, 6) is 0.165. The number of nitrogens with two attached hydrogens (primary N) is 1.